The molecule has 3 amide bonds. The maximum Gasteiger partial charge on any atom is 0.408 e. The highest BCUT2D eigenvalue weighted by molar-refractivity contribution is 5.98. The summed E-state index contributed by atoms with van der Waals surface area (Å²) in [5.74, 6) is -0.681. The van der Waals surface area contributed by atoms with Crippen LogP contribution in [0.3, 0.4) is 0 Å². The average Bonchev–Trinajstić information content (AvgIpc) is 2.84. The molecule has 1 aliphatic heterocycles. The van der Waals surface area contributed by atoms with Crippen LogP contribution in [-0.4, -0.2) is 37.0 Å². The van der Waals surface area contributed by atoms with Gasteiger partial charge < -0.3 is 20.3 Å². The third-order valence-corrected chi connectivity index (χ3v) is 5.81. The molecule has 7 heteroatoms. The Bertz CT molecular complexity index is 932. The quantitative estimate of drug-likeness (QED) is 0.662. The minimum atomic E-state index is -0.787. The fourth-order valence-corrected chi connectivity index (χ4v) is 3.75. The summed E-state index contributed by atoms with van der Waals surface area (Å²) in [4.78, 5) is 39.6. The van der Waals surface area contributed by atoms with Crippen molar-refractivity contribution in [3.63, 3.8) is 0 Å². The van der Waals surface area contributed by atoms with Crippen LogP contribution in [0, 0.1) is 5.92 Å². The van der Waals surface area contributed by atoms with Crippen LogP contribution in [0.15, 0.2) is 54.6 Å². The van der Waals surface area contributed by atoms with Crippen LogP contribution >= 0.6 is 0 Å². The zero-order chi connectivity index (χ0) is 22.9. The van der Waals surface area contributed by atoms with Crippen molar-refractivity contribution in [2.75, 3.05) is 18.0 Å². The number of anilines is 1. The summed E-state index contributed by atoms with van der Waals surface area (Å²) in [6.07, 6.45) is 1.86. The van der Waals surface area contributed by atoms with E-state index in [4.69, 9.17) is 4.74 Å². The van der Waals surface area contributed by atoms with E-state index in [9.17, 15) is 14.4 Å². The summed E-state index contributed by atoms with van der Waals surface area (Å²) in [6, 6.07) is 16.4. The SMILES string of the molecule is CC[C@@H](C)[C@H](NC(=O)OCc1ccccc1)C(=O)NCC(=O)N1CCCc2ccccc21. The van der Waals surface area contributed by atoms with E-state index in [2.05, 4.69) is 10.6 Å². The van der Waals surface area contributed by atoms with E-state index in [1.54, 1.807) is 4.90 Å². The lowest BCUT2D eigenvalue weighted by Gasteiger charge is -2.30. The molecule has 2 N–H and O–H groups in total. The number of aryl methyl sites for hydroxylation is 1. The molecule has 0 spiro atoms. The van der Waals surface area contributed by atoms with Crippen LogP contribution in [0.25, 0.3) is 0 Å². The molecule has 2 aromatic carbocycles. The van der Waals surface area contributed by atoms with Crippen LogP contribution in [0.1, 0.15) is 37.8 Å². The topological polar surface area (TPSA) is 87.7 Å². The summed E-state index contributed by atoms with van der Waals surface area (Å²) in [7, 11) is 0. The van der Waals surface area contributed by atoms with Crippen LogP contribution in [-0.2, 0) is 27.4 Å². The van der Waals surface area contributed by atoms with Crippen molar-refractivity contribution in [3.8, 4) is 0 Å². The number of hydrogen-bond acceptors (Lipinski definition) is 4. The van der Waals surface area contributed by atoms with E-state index < -0.39 is 18.0 Å². The summed E-state index contributed by atoms with van der Waals surface area (Å²) in [5.41, 5.74) is 2.90. The van der Waals surface area contributed by atoms with Gasteiger partial charge in [-0.05, 0) is 36.0 Å². The molecule has 170 valence electrons. The summed E-state index contributed by atoms with van der Waals surface area (Å²) in [6.45, 7) is 4.45. The Kier molecular flexibility index (Phi) is 8.25. The van der Waals surface area contributed by atoms with Crippen molar-refractivity contribution in [3.05, 3.63) is 65.7 Å². The van der Waals surface area contributed by atoms with Gasteiger partial charge in [-0.3, -0.25) is 9.59 Å². The third-order valence-electron chi connectivity index (χ3n) is 5.81. The van der Waals surface area contributed by atoms with Crippen LogP contribution in [0.4, 0.5) is 10.5 Å². The number of ether oxygens (including phenoxy) is 1. The van der Waals surface area contributed by atoms with E-state index in [0.717, 1.165) is 29.7 Å². The van der Waals surface area contributed by atoms with Crippen LogP contribution < -0.4 is 15.5 Å². The number of nitrogens with zero attached hydrogens (tertiary/aromatic N) is 1. The first kappa shape index (κ1) is 23.3. The first-order valence-electron chi connectivity index (χ1n) is 11.1. The van der Waals surface area contributed by atoms with Crippen molar-refractivity contribution in [1.82, 2.24) is 10.6 Å². The molecule has 0 fully saturated rings. The second-order valence-electron chi connectivity index (χ2n) is 8.06. The van der Waals surface area contributed by atoms with Gasteiger partial charge in [0.25, 0.3) is 0 Å². The van der Waals surface area contributed by atoms with Crippen LogP contribution in [0.2, 0.25) is 0 Å². The van der Waals surface area contributed by atoms with Gasteiger partial charge in [-0.25, -0.2) is 4.79 Å². The second-order valence-corrected chi connectivity index (χ2v) is 8.06. The average molecular weight is 438 g/mol. The summed E-state index contributed by atoms with van der Waals surface area (Å²) in [5, 5.41) is 5.36. The Morgan fingerprint density at radius 1 is 1.06 bits per heavy atom. The molecule has 7 nitrogen and oxygen atoms in total. The van der Waals surface area contributed by atoms with Crippen molar-refractivity contribution in [2.45, 2.75) is 45.8 Å². The highest BCUT2D eigenvalue weighted by atomic mass is 16.5. The number of hydrogen-bond donors (Lipinski definition) is 2. The molecule has 0 aromatic heterocycles. The van der Waals surface area contributed by atoms with Gasteiger partial charge in [0.15, 0.2) is 0 Å². The summed E-state index contributed by atoms with van der Waals surface area (Å²) >= 11 is 0. The largest absolute Gasteiger partial charge is 0.445 e. The standard InChI is InChI=1S/C25H31N3O4/c1-3-18(2)23(27-25(31)32-17-19-10-5-4-6-11-19)24(30)26-16-22(29)28-15-9-13-20-12-7-8-14-21(20)28/h4-8,10-12,14,18,23H,3,9,13,15-17H2,1-2H3,(H,26,30)(H,27,31)/t18-,23+/m1/s1. The van der Waals surface area contributed by atoms with E-state index in [-0.39, 0.29) is 25.0 Å². The Labute approximate surface area is 189 Å². The molecular weight excluding hydrogens is 406 g/mol. The van der Waals surface area contributed by atoms with E-state index >= 15 is 0 Å². The molecule has 2 aromatic rings. The highest BCUT2D eigenvalue weighted by Crippen LogP contribution is 2.26. The molecule has 2 atom stereocenters. The molecule has 1 aliphatic rings. The fraction of sp³-hybridized carbons (Fsp3) is 0.400. The predicted octanol–water partition coefficient (Wildman–Crippen LogP) is 3.42. The third kappa shape index (κ3) is 6.09. The van der Waals surface area contributed by atoms with Crippen LogP contribution in [0.5, 0.6) is 0 Å². The van der Waals surface area contributed by atoms with Gasteiger partial charge in [-0.2, -0.15) is 0 Å². The first-order valence-corrected chi connectivity index (χ1v) is 11.1. The van der Waals surface area contributed by atoms with E-state index in [1.165, 1.54) is 0 Å². The molecule has 32 heavy (non-hydrogen) atoms. The second kappa shape index (κ2) is 11.3. The van der Waals surface area contributed by atoms with Gasteiger partial charge in [0.05, 0.1) is 6.54 Å². The molecule has 3 rings (SSSR count). The lowest BCUT2D eigenvalue weighted by Crippen LogP contribution is -2.52. The molecule has 0 saturated heterocycles. The number of nitrogens with one attached hydrogen (secondary N) is 2. The minimum Gasteiger partial charge on any atom is -0.445 e. The van der Waals surface area contributed by atoms with Gasteiger partial charge in [0.1, 0.15) is 12.6 Å². The number of carbonyl (C=O) groups is 3. The predicted molar refractivity (Wildman–Crippen MR) is 123 cm³/mol. The van der Waals surface area contributed by atoms with Gasteiger partial charge >= 0.3 is 6.09 Å². The zero-order valence-corrected chi connectivity index (χ0v) is 18.7. The lowest BCUT2D eigenvalue weighted by atomic mass is 9.98. The Hall–Kier alpha value is -3.35. The Morgan fingerprint density at radius 3 is 2.53 bits per heavy atom. The number of rotatable bonds is 8. The van der Waals surface area contributed by atoms with E-state index in [0.29, 0.717) is 13.0 Å². The molecule has 0 saturated carbocycles. The number of para-hydroxylation sites is 1. The Balaban J connectivity index is 1.55. The normalized spacial score (nSPS) is 14.6. The van der Waals surface area contributed by atoms with Crippen molar-refractivity contribution < 1.29 is 19.1 Å². The molecule has 1 heterocycles. The van der Waals surface area contributed by atoms with Gasteiger partial charge in [0, 0.05) is 12.2 Å². The molecule has 0 unspecified atom stereocenters. The smallest absolute Gasteiger partial charge is 0.408 e. The molecule has 0 aliphatic carbocycles. The van der Waals surface area contributed by atoms with E-state index in [1.807, 2.05) is 68.4 Å². The van der Waals surface area contributed by atoms with Crippen molar-refractivity contribution in [2.24, 2.45) is 5.92 Å². The summed E-state index contributed by atoms with van der Waals surface area (Å²) < 4.78 is 5.26. The number of fused-ring (bicyclic) bond motifs is 1. The maximum atomic E-state index is 12.8. The number of amides is 3. The zero-order valence-electron chi connectivity index (χ0n) is 18.7. The number of carbonyl (C=O) groups excluding carboxylic acids is 3. The molecule has 0 radical (unpaired) electrons. The Morgan fingerprint density at radius 2 is 1.78 bits per heavy atom. The first-order chi connectivity index (χ1) is 15.5. The van der Waals surface area contributed by atoms with Gasteiger partial charge in [-0.15, -0.1) is 0 Å². The molecule has 0 bridgehead atoms. The highest BCUT2D eigenvalue weighted by Gasteiger charge is 2.28. The lowest BCUT2D eigenvalue weighted by molar-refractivity contribution is -0.127. The van der Waals surface area contributed by atoms with Gasteiger partial charge in [0.2, 0.25) is 11.8 Å². The maximum absolute atomic E-state index is 12.8. The number of benzene rings is 2. The minimum absolute atomic E-state index is 0.119. The monoisotopic (exact) mass is 437 g/mol. The molecular formula is C25H31N3O4. The van der Waals surface area contributed by atoms with Crippen molar-refractivity contribution >= 4 is 23.6 Å². The fourth-order valence-electron chi connectivity index (χ4n) is 3.75. The van der Waals surface area contributed by atoms with Crippen molar-refractivity contribution in [1.29, 1.82) is 0 Å². The van der Waals surface area contributed by atoms with Gasteiger partial charge in [-0.1, -0.05) is 68.8 Å². The number of alkyl carbamates (subject to hydrolysis) is 1.